The number of hydrazine groups is 1. The van der Waals surface area contributed by atoms with Gasteiger partial charge in [0.25, 0.3) is 11.6 Å². The van der Waals surface area contributed by atoms with Crippen LogP contribution in [0.15, 0.2) is 60.2 Å². The van der Waals surface area contributed by atoms with Crippen LogP contribution in [0.3, 0.4) is 0 Å². The van der Waals surface area contributed by atoms with Crippen LogP contribution in [-0.4, -0.2) is 30.0 Å². The fraction of sp³-hybridized carbons (Fsp3) is 0.238. The minimum atomic E-state index is -4.62. The molecule has 0 unspecified atom stereocenters. The first-order valence-corrected chi connectivity index (χ1v) is 9.81. The molecule has 3 N–H and O–H groups in total. The first-order valence-electron chi connectivity index (χ1n) is 9.81. The number of carbonyl (C=O) groups is 2. The summed E-state index contributed by atoms with van der Waals surface area (Å²) in [5, 5.41) is 11.3. The zero-order chi connectivity index (χ0) is 24.2. The number of hydrogen-bond acceptors (Lipinski definition) is 5. The van der Waals surface area contributed by atoms with Crippen molar-refractivity contribution in [1.82, 2.24) is 5.43 Å². The van der Waals surface area contributed by atoms with Crippen molar-refractivity contribution in [2.75, 3.05) is 23.0 Å². The number of benzene rings is 2. The molecule has 12 heteroatoms. The first kappa shape index (κ1) is 23.6. The first-order chi connectivity index (χ1) is 15.5. The number of nitrogens with zero attached hydrogens (tertiary/aromatic N) is 3. The Morgan fingerprint density at radius 1 is 1.12 bits per heavy atom. The molecule has 0 aromatic heterocycles. The molecule has 0 spiro atoms. The number of amides is 3. The van der Waals surface area contributed by atoms with E-state index in [-0.39, 0.29) is 11.4 Å². The number of nitrogens with one attached hydrogen (secondary N) is 1. The number of rotatable bonds is 4. The standard InChI is InChI=1S/C21H20F3N5O4/c22-21(23,24)15-2-1-3-18(13-15)28(20(25)31)26-19(30)12-14-8-10-27(11-9-14)16-4-6-17(7-5-16)29(32)33/h1-7,12-13H,8-11H2,(H2,25,31)(H,26,30). The van der Waals surface area contributed by atoms with Crippen LogP contribution in [0.2, 0.25) is 0 Å². The number of nitro benzene ring substituents is 1. The Morgan fingerprint density at radius 2 is 1.76 bits per heavy atom. The van der Waals surface area contributed by atoms with Crippen molar-refractivity contribution >= 4 is 29.0 Å². The molecule has 174 valence electrons. The number of piperidine rings is 1. The monoisotopic (exact) mass is 463 g/mol. The van der Waals surface area contributed by atoms with Crippen molar-refractivity contribution in [2.24, 2.45) is 5.73 Å². The van der Waals surface area contributed by atoms with Crippen LogP contribution in [0.1, 0.15) is 18.4 Å². The number of anilines is 2. The maximum absolute atomic E-state index is 12.9. The SMILES string of the molecule is NC(=O)N(NC(=O)C=C1CCN(c2ccc([N+](=O)[O-])cc2)CC1)c1cccc(C(F)(F)F)c1. The molecule has 1 fully saturated rings. The van der Waals surface area contributed by atoms with E-state index in [2.05, 4.69) is 5.43 Å². The molecule has 0 bridgehead atoms. The van der Waals surface area contributed by atoms with Gasteiger partial charge in [0.2, 0.25) is 0 Å². The molecular weight excluding hydrogens is 443 g/mol. The summed E-state index contributed by atoms with van der Waals surface area (Å²) in [6.45, 7) is 1.12. The van der Waals surface area contributed by atoms with Crippen LogP contribution in [0.25, 0.3) is 0 Å². The molecule has 1 heterocycles. The van der Waals surface area contributed by atoms with E-state index in [9.17, 15) is 32.9 Å². The number of hydrogen-bond donors (Lipinski definition) is 2. The summed E-state index contributed by atoms with van der Waals surface area (Å²) in [4.78, 5) is 36.4. The van der Waals surface area contributed by atoms with Gasteiger partial charge in [0.05, 0.1) is 16.2 Å². The van der Waals surface area contributed by atoms with Gasteiger partial charge in [0.1, 0.15) is 0 Å². The van der Waals surface area contributed by atoms with Gasteiger partial charge in [-0.1, -0.05) is 11.6 Å². The molecule has 3 rings (SSSR count). The molecule has 33 heavy (non-hydrogen) atoms. The molecule has 1 saturated heterocycles. The van der Waals surface area contributed by atoms with Crippen molar-refractivity contribution in [3.8, 4) is 0 Å². The Bertz CT molecular complexity index is 1080. The number of primary amides is 1. The molecule has 0 saturated carbocycles. The molecule has 9 nitrogen and oxygen atoms in total. The van der Waals surface area contributed by atoms with Gasteiger partial charge in [0.15, 0.2) is 0 Å². The summed E-state index contributed by atoms with van der Waals surface area (Å²) < 4.78 is 38.8. The summed E-state index contributed by atoms with van der Waals surface area (Å²) in [5.41, 5.74) is 7.83. The number of urea groups is 1. The van der Waals surface area contributed by atoms with Gasteiger partial charge in [-0.25, -0.2) is 9.80 Å². The maximum atomic E-state index is 12.9. The summed E-state index contributed by atoms with van der Waals surface area (Å²) in [6, 6.07) is 8.86. The molecule has 0 aliphatic carbocycles. The van der Waals surface area contributed by atoms with E-state index < -0.39 is 28.6 Å². The summed E-state index contributed by atoms with van der Waals surface area (Å²) >= 11 is 0. The molecule has 0 radical (unpaired) electrons. The van der Waals surface area contributed by atoms with Crippen LogP contribution in [0, 0.1) is 10.1 Å². The van der Waals surface area contributed by atoms with Crippen molar-refractivity contribution in [2.45, 2.75) is 19.0 Å². The van der Waals surface area contributed by atoms with E-state index >= 15 is 0 Å². The summed E-state index contributed by atoms with van der Waals surface area (Å²) in [5.74, 6) is -0.704. The Labute approximate surface area is 186 Å². The molecule has 3 amide bonds. The third-order valence-electron chi connectivity index (χ3n) is 5.04. The number of nitro groups is 1. The van der Waals surface area contributed by atoms with E-state index in [0.29, 0.717) is 37.0 Å². The van der Waals surface area contributed by atoms with E-state index in [0.717, 1.165) is 23.4 Å². The Hall–Kier alpha value is -4.09. The van der Waals surface area contributed by atoms with Gasteiger partial charge in [0, 0.05) is 37.0 Å². The van der Waals surface area contributed by atoms with Gasteiger partial charge < -0.3 is 10.6 Å². The normalized spacial score (nSPS) is 13.9. The second-order valence-corrected chi connectivity index (χ2v) is 7.26. The second-order valence-electron chi connectivity index (χ2n) is 7.26. The number of non-ortho nitro benzene ring substituents is 1. The quantitative estimate of drug-likeness (QED) is 0.406. The predicted molar refractivity (Wildman–Crippen MR) is 114 cm³/mol. The van der Waals surface area contributed by atoms with E-state index in [1.165, 1.54) is 24.3 Å². The Morgan fingerprint density at radius 3 is 2.30 bits per heavy atom. The lowest BCUT2D eigenvalue weighted by Gasteiger charge is -2.30. The van der Waals surface area contributed by atoms with Crippen molar-refractivity contribution in [1.29, 1.82) is 0 Å². The number of carbonyl (C=O) groups excluding carboxylic acids is 2. The third-order valence-corrected chi connectivity index (χ3v) is 5.04. The predicted octanol–water partition coefficient (Wildman–Crippen LogP) is 3.76. The molecule has 2 aromatic rings. The molecular formula is C21H20F3N5O4. The number of nitrogens with two attached hydrogens (primary N) is 1. The van der Waals surface area contributed by atoms with Crippen LogP contribution in [0.5, 0.6) is 0 Å². The van der Waals surface area contributed by atoms with E-state index in [1.54, 1.807) is 12.1 Å². The smallest absolute Gasteiger partial charge is 0.371 e. The maximum Gasteiger partial charge on any atom is 0.416 e. The molecule has 1 aliphatic heterocycles. The number of alkyl halides is 3. The van der Waals surface area contributed by atoms with Gasteiger partial charge in [-0.05, 0) is 43.2 Å². The topological polar surface area (TPSA) is 122 Å². The minimum Gasteiger partial charge on any atom is -0.371 e. The molecule has 2 aromatic carbocycles. The van der Waals surface area contributed by atoms with Crippen LogP contribution in [-0.2, 0) is 11.0 Å². The Kier molecular flexibility index (Phi) is 6.85. The highest BCUT2D eigenvalue weighted by molar-refractivity contribution is 5.97. The van der Waals surface area contributed by atoms with E-state index in [4.69, 9.17) is 5.73 Å². The van der Waals surface area contributed by atoms with Crippen LogP contribution < -0.4 is 21.1 Å². The summed E-state index contributed by atoms with van der Waals surface area (Å²) in [7, 11) is 0. The largest absolute Gasteiger partial charge is 0.416 e. The average Bonchev–Trinajstić information content (AvgIpc) is 2.77. The van der Waals surface area contributed by atoms with Gasteiger partial charge >= 0.3 is 12.2 Å². The number of halogens is 3. The lowest BCUT2D eigenvalue weighted by Crippen LogP contribution is -2.49. The highest BCUT2D eigenvalue weighted by Crippen LogP contribution is 2.31. The second kappa shape index (κ2) is 9.59. The van der Waals surface area contributed by atoms with Gasteiger partial charge in [-0.2, -0.15) is 13.2 Å². The van der Waals surface area contributed by atoms with Crippen molar-refractivity contribution in [3.63, 3.8) is 0 Å². The zero-order valence-corrected chi connectivity index (χ0v) is 17.2. The summed E-state index contributed by atoms with van der Waals surface area (Å²) in [6.07, 6.45) is -2.30. The van der Waals surface area contributed by atoms with Crippen molar-refractivity contribution in [3.05, 3.63) is 75.9 Å². The fourth-order valence-electron chi connectivity index (χ4n) is 3.38. The van der Waals surface area contributed by atoms with Crippen molar-refractivity contribution < 1.29 is 27.7 Å². The molecule has 1 aliphatic rings. The average molecular weight is 463 g/mol. The highest BCUT2D eigenvalue weighted by atomic mass is 19.4. The zero-order valence-electron chi connectivity index (χ0n) is 17.2. The lowest BCUT2D eigenvalue weighted by molar-refractivity contribution is -0.384. The Balaban J connectivity index is 1.64. The fourth-order valence-corrected chi connectivity index (χ4v) is 3.38. The van der Waals surface area contributed by atoms with Gasteiger partial charge in [-0.15, -0.1) is 0 Å². The van der Waals surface area contributed by atoms with Gasteiger partial charge in [-0.3, -0.25) is 20.3 Å². The van der Waals surface area contributed by atoms with E-state index in [1.807, 2.05) is 4.90 Å². The lowest BCUT2D eigenvalue weighted by atomic mass is 10.0. The van der Waals surface area contributed by atoms with Crippen LogP contribution in [0.4, 0.5) is 35.0 Å². The molecule has 0 atom stereocenters. The van der Waals surface area contributed by atoms with Crippen LogP contribution >= 0.6 is 0 Å². The highest BCUT2D eigenvalue weighted by Gasteiger charge is 2.31. The minimum absolute atomic E-state index is 0.00668. The third kappa shape index (κ3) is 5.99.